The number of carbonyl (C=O) groups excluding carboxylic acids is 1. The molecule has 1 amide bonds. The normalized spacial score (nSPS) is 10.2. The number of hydrogen-bond donors (Lipinski definition) is 4. The summed E-state index contributed by atoms with van der Waals surface area (Å²) in [7, 11) is 0. The van der Waals surface area contributed by atoms with Crippen molar-refractivity contribution in [3.63, 3.8) is 0 Å². The van der Waals surface area contributed by atoms with E-state index in [1.807, 2.05) is 0 Å². The van der Waals surface area contributed by atoms with Crippen molar-refractivity contribution < 1.29 is 15.0 Å². The zero-order valence-electron chi connectivity index (χ0n) is 10.1. The van der Waals surface area contributed by atoms with Gasteiger partial charge in [0, 0.05) is 5.56 Å². The number of aryl methyl sites for hydroxylation is 1. The highest BCUT2D eigenvalue weighted by Gasteiger charge is 2.13. The summed E-state index contributed by atoms with van der Waals surface area (Å²) in [4.78, 5) is 19.4. The second-order valence-electron chi connectivity index (χ2n) is 3.87. The average Bonchev–Trinajstić information content (AvgIpc) is 2.36. The zero-order valence-corrected chi connectivity index (χ0v) is 10.1. The summed E-state index contributed by atoms with van der Waals surface area (Å²) in [5, 5.41) is 21.3. The van der Waals surface area contributed by atoms with E-state index in [9.17, 15) is 9.90 Å². The number of nitrogens with zero attached hydrogens (tertiary/aromatic N) is 2. The number of benzene rings is 1. The number of nitrogens with one attached hydrogen (secondary N) is 1. The molecule has 0 aliphatic heterocycles. The Labute approximate surface area is 108 Å². The third kappa shape index (κ3) is 2.71. The first-order chi connectivity index (χ1) is 8.97. The van der Waals surface area contributed by atoms with Gasteiger partial charge in [-0.3, -0.25) is 4.79 Å². The summed E-state index contributed by atoms with van der Waals surface area (Å²) >= 11 is 0. The number of nitrogen functional groups attached to an aromatic ring is 1. The minimum atomic E-state index is -0.479. The van der Waals surface area contributed by atoms with Crippen LogP contribution in [0.2, 0.25) is 0 Å². The van der Waals surface area contributed by atoms with Gasteiger partial charge in [0.2, 0.25) is 5.95 Å². The number of aromatic hydroxyl groups is 2. The lowest BCUT2D eigenvalue weighted by molar-refractivity contribution is 0.102. The van der Waals surface area contributed by atoms with Crippen molar-refractivity contribution in [2.45, 2.75) is 6.92 Å². The summed E-state index contributed by atoms with van der Waals surface area (Å²) < 4.78 is 0. The molecule has 7 heteroatoms. The molecule has 19 heavy (non-hydrogen) atoms. The van der Waals surface area contributed by atoms with E-state index >= 15 is 0 Å². The van der Waals surface area contributed by atoms with Gasteiger partial charge in [0.1, 0.15) is 5.75 Å². The van der Waals surface area contributed by atoms with Crippen molar-refractivity contribution in [3.05, 3.63) is 35.5 Å². The van der Waals surface area contributed by atoms with Gasteiger partial charge in [-0.15, -0.1) is 0 Å². The van der Waals surface area contributed by atoms with Gasteiger partial charge < -0.3 is 21.3 Å². The average molecular weight is 260 g/mol. The SMILES string of the molecule is Cc1nc(N)nc(NC(=O)c2ccc(O)cc2)c1O. The lowest BCUT2D eigenvalue weighted by Gasteiger charge is -2.08. The fourth-order valence-electron chi connectivity index (χ4n) is 1.47. The Balaban J connectivity index is 2.26. The third-order valence-corrected chi connectivity index (χ3v) is 2.44. The van der Waals surface area contributed by atoms with Crippen LogP contribution in [0.4, 0.5) is 11.8 Å². The van der Waals surface area contributed by atoms with Crippen molar-refractivity contribution in [2.75, 3.05) is 11.1 Å². The largest absolute Gasteiger partial charge is 0.508 e. The quantitative estimate of drug-likeness (QED) is 0.639. The molecule has 7 nitrogen and oxygen atoms in total. The molecule has 1 aromatic carbocycles. The summed E-state index contributed by atoms with van der Waals surface area (Å²) in [6, 6.07) is 5.65. The van der Waals surface area contributed by atoms with Crippen molar-refractivity contribution in [3.8, 4) is 11.5 Å². The molecular weight excluding hydrogens is 248 g/mol. The van der Waals surface area contributed by atoms with Crippen LogP contribution in [0, 0.1) is 6.92 Å². The molecule has 0 bridgehead atoms. The highest BCUT2D eigenvalue weighted by molar-refractivity contribution is 6.04. The molecule has 2 rings (SSSR count). The lowest BCUT2D eigenvalue weighted by atomic mass is 10.2. The molecule has 1 aromatic heterocycles. The lowest BCUT2D eigenvalue weighted by Crippen LogP contribution is -2.14. The van der Waals surface area contributed by atoms with Gasteiger partial charge in [0.15, 0.2) is 11.6 Å². The van der Waals surface area contributed by atoms with Crippen molar-refractivity contribution in [1.29, 1.82) is 0 Å². The topological polar surface area (TPSA) is 121 Å². The van der Waals surface area contributed by atoms with Gasteiger partial charge in [0.05, 0.1) is 5.69 Å². The molecule has 0 unspecified atom stereocenters. The van der Waals surface area contributed by atoms with Crippen molar-refractivity contribution in [2.24, 2.45) is 0 Å². The van der Waals surface area contributed by atoms with Crippen LogP contribution in [-0.4, -0.2) is 26.1 Å². The smallest absolute Gasteiger partial charge is 0.256 e. The highest BCUT2D eigenvalue weighted by atomic mass is 16.3. The monoisotopic (exact) mass is 260 g/mol. The maximum Gasteiger partial charge on any atom is 0.256 e. The fraction of sp³-hybridized carbons (Fsp3) is 0.0833. The first-order valence-electron chi connectivity index (χ1n) is 5.41. The molecule has 0 atom stereocenters. The van der Waals surface area contributed by atoms with Gasteiger partial charge in [0.25, 0.3) is 5.91 Å². The molecule has 0 radical (unpaired) electrons. The number of phenolic OH excluding ortho intramolecular Hbond substituents is 1. The summed E-state index contributed by atoms with van der Waals surface area (Å²) in [6.45, 7) is 1.55. The van der Waals surface area contributed by atoms with Crippen LogP contribution in [0.5, 0.6) is 11.5 Å². The second kappa shape index (κ2) is 4.81. The number of amides is 1. The minimum absolute atomic E-state index is 0.0451. The number of hydrogen-bond acceptors (Lipinski definition) is 6. The molecule has 0 saturated heterocycles. The molecule has 0 saturated carbocycles. The number of anilines is 2. The molecule has 0 fully saturated rings. The van der Waals surface area contributed by atoms with Gasteiger partial charge in [-0.05, 0) is 31.2 Å². The first-order valence-corrected chi connectivity index (χ1v) is 5.41. The van der Waals surface area contributed by atoms with E-state index in [1.54, 1.807) is 6.92 Å². The van der Waals surface area contributed by atoms with Crippen LogP contribution in [-0.2, 0) is 0 Å². The third-order valence-electron chi connectivity index (χ3n) is 2.44. The molecule has 5 N–H and O–H groups in total. The maximum absolute atomic E-state index is 11.9. The molecular formula is C12H12N4O3. The Bertz CT molecular complexity index is 626. The van der Waals surface area contributed by atoms with E-state index in [0.29, 0.717) is 5.56 Å². The molecule has 98 valence electrons. The second-order valence-corrected chi connectivity index (χ2v) is 3.87. The van der Waals surface area contributed by atoms with E-state index in [-0.39, 0.29) is 29.0 Å². The van der Waals surface area contributed by atoms with Crippen LogP contribution in [0.1, 0.15) is 16.1 Å². The summed E-state index contributed by atoms with van der Waals surface area (Å²) in [5.41, 5.74) is 6.03. The Hall–Kier alpha value is -2.83. The number of nitrogens with two attached hydrogens (primary N) is 1. The van der Waals surface area contributed by atoms with E-state index in [2.05, 4.69) is 15.3 Å². The first kappa shape index (κ1) is 12.6. The van der Waals surface area contributed by atoms with E-state index in [4.69, 9.17) is 10.8 Å². The van der Waals surface area contributed by atoms with Gasteiger partial charge >= 0.3 is 0 Å². The number of phenols is 1. The van der Waals surface area contributed by atoms with E-state index in [1.165, 1.54) is 24.3 Å². The van der Waals surface area contributed by atoms with Crippen LogP contribution < -0.4 is 11.1 Å². The Morgan fingerprint density at radius 3 is 2.47 bits per heavy atom. The maximum atomic E-state index is 11.9. The Morgan fingerprint density at radius 1 is 1.21 bits per heavy atom. The van der Waals surface area contributed by atoms with Gasteiger partial charge in [-0.1, -0.05) is 0 Å². The molecule has 1 heterocycles. The number of carbonyl (C=O) groups is 1. The van der Waals surface area contributed by atoms with Crippen molar-refractivity contribution in [1.82, 2.24) is 9.97 Å². The fourth-order valence-corrected chi connectivity index (χ4v) is 1.47. The molecule has 0 spiro atoms. The van der Waals surface area contributed by atoms with Crippen molar-refractivity contribution >= 4 is 17.7 Å². The Kier molecular flexibility index (Phi) is 3.19. The Morgan fingerprint density at radius 2 is 1.84 bits per heavy atom. The number of rotatable bonds is 2. The van der Waals surface area contributed by atoms with Gasteiger partial charge in [-0.25, -0.2) is 4.98 Å². The van der Waals surface area contributed by atoms with E-state index < -0.39 is 5.91 Å². The zero-order chi connectivity index (χ0) is 14.0. The van der Waals surface area contributed by atoms with Crippen LogP contribution in [0.25, 0.3) is 0 Å². The predicted molar refractivity (Wildman–Crippen MR) is 68.9 cm³/mol. The predicted octanol–water partition coefficient (Wildman–Crippen LogP) is 1.03. The minimum Gasteiger partial charge on any atom is -0.508 e. The highest BCUT2D eigenvalue weighted by Crippen LogP contribution is 2.24. The molecule has 2 aromatic rings. The van der Waals surface area contributed by atoms with E-state index in [0.717, 1.165) is 0 Å². The standard InChI is InChI=1S/C12H12N4O3/c1-6-9(18)10(16-12(13)14-6)15-11(19)7-2-4-8(17)5-3-7/h2-5,17-18H,1H3,(H3,13,14,15,16,19). The summed E-state index contributed by atoms with van der Waals surface area (Å²) in [5.74, 6) is -0.755. The summed E-state index contributed by atoms with van der Waals surface area (Å²) in [6.07, 6.45) is 0. The van der Waals surface area contributed by atoms with Gasteiger partial charge in [-0.2, -0.15) is 4.98 Å². The molecule has 0 aliphatic rings. The van der Waals surface area contributed by atoms with Crippen LogP contribution >= 0.6 is 0 Å². The number of aromatic nitrogens is 2. The molecule has 0 aliphatic carbocycles. The van der Waals surface area contributed by atoms with Crippen LogP contribution in [0.3, 0.4) is 0 Å². The van der Waals surface area contributed by atoms with Crippen LogP contribution in [0.15, 0.2) is 24.3 Å².